The molecule has 2 aromatic rings. The lowest BCUT2D eigenvalue weighted by Gasteiger charge is -2.16. The molecule has 2 N–H and O–H groups in total. The SMILES string of the molecule is Cc1ccc(NC(=O)Cc2cccnc2C2=CCNCC2)cc1. The van der Waals surface area contributed by atoms with Gasteiger partial charge < -0.3 is 10.6 Å². The van der Waals surface area contributed by atoms with Gasteiger partial charge in [0.1, 0.15) is 0 Å². The number of nitrogens with zero attached hydrogens (tertiary/aromatic N) is 1. The lowest BCUT2D eigenvalue weighted by atomic mass is 9.99. The van der Waals surface area contributed by atoms with Gasteiger partial charge in [-0.3, -0.25) is 9.78 Å². The molecular formula is C19H21N3O. The molecule has 23 heavy (non-hydrogen) atoms. The number of anilines is 1. The van der Waals surface area contributed by atoms with Crippen molar-refractivity contribution in [2.24, 2.45) is 0 Å². The first-order chi connectivity index (χ1) is 11.2. The van der Waals surface area contributed by atoms with Gasteiger partial charge in [0.15, 0.2) is 0 Å². The normalized spacial score (nSPS) is 14.2. The highest BCUT2D eigenvalue weighted by Gasteiger charge is 2.14. The van der Waals surface area contributed by atoms with Gasteiger partial charge in [-0.1, -0.05) is 29.8 Å². The second-order valence-electron chi connectivity index (χ2n) is 5.79. The first-order valence-corrected chi connectivity index (χ1v) is 7.93. The van der Waals surface area contributed by atoms with Gasteiger partial charge in [-0.25, -0.2) is 0 Å². The standard InChI is InChI=1S/C19H21N3O/c1-14-4-6-17(7-5-14)22-18(23)13-16-3-2-10-21-19(16)15-8-11-20-12-9-15/h2-8,10,20H,9,11-13H2,1H3,(H,22,23). The van der Waals surface area contributed by atoms with Crippen LogP contribution in [-0.4, -0.2) is 24.0 Å². The van der Waals surface area contributed by atoms with Crippen LogP contribution in [0.3, 0.4) is 0 Å². The molecule has 2 heterocycles. The molecule has 0 aliphatic carbocycles. The van der Waals surface area contributed by atoms with Gasteiger partial charge in [0, 0.05) is 18.4 Å². The maximum Gasteiger partial charge on any atom is 0.228 e. The largest absolute Gasteiger partial charge is 0.326 e. The highest BCUT2D eigenvalue weighted by molar-refractivity contribution is 5.93. The van der Waals surface area contributed by atoms with E-state index in [1.54, 1.807) is 6.20 Å². The summed E-state index contributed by atoms with van der Waals surface area (Å²) in [4.78, 5) is 16.8. The Bertz CT molecular complexity index is 720. The maximum absolute atomic E-state index is 12.3. The fourth-order valence-corrected chi connectivity index (χ4v) is 2.72. The summed E-state index contributed by atoms with van der Waals surface area (Å²) in [6, 6.07) is 11.7. The third kappa shape index (κ3) is 4.05. The Balaban J connectivity index is 1.73. The highest BCUT2D eigenvalue weighted by Crippen LogP contribution is 2.22. The number of aryl methyl sites for hydroxylation is 1. The summed E-state index contributed by atoms with van der Waals surface area (Å²) < 4.78 is 0. The van der Waals surface area contributed by atoms with Crippen LogP contribution in [0, 0.1) is 6.92 Å². The fourth-order valence-electron chi connectivity index (χ4n) is 2.72. The van der Waals surface area contributed by atoms with Crippen molar-refractivity contribution in [1.82, 2.24) is 10.3 Å². The molecule has 0 unspecified atom stereocenters. The topological polar surface area (TPSA) is 54.0 Å². The fraction of sp³-hybridized carbons (Fsp3) is 0.263. The van der Waals surface area contributed by atoms with Crippen molar-refractivity contribution < 1.29 is 4.79 Å². The minimum Gasteiger partial charge on any atom is -0.326 e. The Hall–Kier alpha value is -2.46. The molecular weight excluding hydrogens is 286 g/mol. The number of carbonyl (C=O) groups excluding carboxylic acids is 1. The summed E-state index contributed by atoms with van der Waals surface area (Å²) in [7, 11) is 0. The van der Waals surface area contributed by atoms with Crippen LogP contribution in [0.5, 0.6) is 0 Å². The predicted octanol–water partition coefficient (Wildman–Crippen LogP) is 2.95. The van der Waals surface area contributed by atoms with Gasteiger partial charge in [0.25, 0.3) is 0 Å². The van der Waals surface area contributed by atoms with Crippen molar-refractivity contribution in [1.29, 1.82) is 0 Å². The number of hydrogen-bond donors (Lipinski definition) is 2. The predicted molar refractivity (Wildman–Crippen MR) is 93.2 cm³/mol. The molecule has 0 saturated heterocycles. The van der Waals surface area contributed by atoms with E-state index in [2.05, 4.69) is 21.7 Å². The lowest BCUT2D eigenvalue weighted by Crippen LogP contribution is -2.21. The van der Waals surface area contributed by atoms with E-state index in [4.69, 9.17) is 0 Å². The van der Waals surface area contributed by atoms with E-state index in [1.807, 2.05) is 43.3 Å². The van der Waals surface area contributed by atoms with Crippen LogP contribution in [0.15, 0.2) is 48.7 Å². The summed E-state index contributed by atoms with van der Waals surface area (Å²) in [5.74, 6) is -0.0161. The third-order valence-electron chi connectivity index (χ3n) is 3.95. The lowest BCUT2D eigenvalue weighted by molar-refractivity contribution is -0.115. The Labute approximate surface area is 136 Å². The summed E-state index contributed by atoms with van der Waals surface area (Å²) in [5, 5.41) is 6.25. The van der Waals surface area contributed by atoms with Gasteiger partial charge in [-0.05, 0) is 49.2 Å². The summed E-state index contributed by atoms with van der Waals surface area (Å²) >= 11 is 0. The van der Waals surface area contributed by atoms with Crippen molar-refractivity contribution in [3.63, 3.8) is 0 Å². The van der Waals surface area contributed by atoms with Gasteiger partial charge in [0.05, 0.1) is 12.1 Å². The van der Waals surface area contributed by atoms with Crippen LogP contribution >= 0.6 is 0 Å². The van der Waals surface area contributed by atoms with Crippen molar-refractivity contribution in [3.05, 3.63) is 65.5 Å². The van der Waals surface area contributed by atoms with Crippen molar-refractivity contribution in [2.75, 3.05) is 18.4 Å². The zero-order chi connectivity index (χ0) is 16.1. The van der Waals surface area contributed by atoms with E-state index in [9.17, 15) is 4.79 Å². The molecule has 118 valence electrons. The molecule has 0 radical (unpaired) electrons. The second-order valence-corrected chi connectivity index (χ2v) is 5.79. The van der Waals surface area contributed by atoms with Crippen molar-refractivity contribution in [3.8, 4) is 0 Å². The van der Waals surface area contributed by atoms with E-state index < -0.39 is 0 Å². The van der Waals surface area contributed by atoms with Crippen molar-refractivity contribution in [2.45, 2.75) is 19.8 Å². The summed E-state index contributed by atoms with van der Waals surface area (Å²) in [5.41, 5.74) is 5.16. The zero-order valence-electron chi connectivity index (χ0n) is 13.3. The molecule has 4 heteroatoms. The van der Waals surface area contributed by atoms with Gasteiger partial charge in [0.2, 0.25) is 5.91 Å². The van der Waals surface area contributed by atoms with Crippen LogP contribution in [0.4, 0.5) is 5.69 Å². The first-order valence-electron chi connectivity index (χ1n) is 7.93. The number of benzene rings is 1. The number of pyridine rings is 1. The van der Waals surface area contributed by atoms with Crippen LogP contribution in [0.2, 0.25) is 0 Å². The van der Waals surface area contributed by atoms with Gasteiger partial charge in [-0.2, -0.15) is 0 Å². The van der Waals surface area contributed by atoms with E-state index >= 15 is 0 Å². The molecule has 0 spiro atoms. The summed E-state index contributed by atoms with van der Waals surface area (Å²) in [6.45, 7) is 3.85. The van der Waals surface area contributed by atoms with E-state index in [0.717, 1.165) is 36.5 Å². The molecule has 0 atom stereocenters. The Kier molecular flexibility index (Phi) is 4.83. The van der Waals surface area contributed by atoms with E-state index in [1.165, 1.54) is 11.1 Å². The minimum atomic E-state index is -0.0161. The molecule has 1 aromatic carbocycles. The number of amides is 1. The smallest absolute Gasteiger partial charge is 0.228 e. The number of carbonyl (C=O) groups is 1. The molecule has 0 bridgehead atoms. The van der Waals surface area contributed by atoms with Crippen LogP contribution < -0.4 is 10.6 Å². The molecule has 1 amide bonds. The number of aromatic nitrogens is 1. The number of hydrogen-bond acceptors (Lipinski definition) is 3. The quantitative estimate of drug-likeness (QED) is 0.913. The van der Waals surface area contributed by atoms with Crippen LogP contribution in [0.1, 0.15) is 23.2 Å². The molecule has 3 rings (SSSR count). The van der Waals surface area contributed by atoms with Gasteiger partial charge in [-0.15, -0.1) is 0 Å². The minimum absolute atomic E-state index is 0.0161. The van der Waals surface area contributed by atoms with Crippen LogP contribution in [0.25, 0.3) is 5.57 Å². The van der Waals surface area contributed by atoms with Gasteiger partial charge >= 0.3 is 0 Å². The Morgan fingerprint density at radius 3 is 2.83 bits per heavy atom. The number of rotatable bonds is 4. The Morgan fingerprint density at radius 2 is 2.09 bits per heavy atom. The average molecular weight is 307 g/mol. The highest BCUT2D eigenvalue weighted by atomic mass is 16.1. The molecule has 1 aliphatic heterocycles. The molecule has 0 fully saturated rings. The molecule has 0 saturated carbocycles. The van der Waals surface area contributed by atoms with Crippen molar-refractivity contribution >= 4 is 17.2 Å². The average Bonchev–Trinajstić information content (AvgIpc) is 2.58. The molecule has 1 aromatic heterocycles. The monoisotopic (exact) mass is 307 g/mol. The van der Waals surface area contributed by atoms with E-state index in [0.29, 0.717) is 6.42 Å². The second kappa shape index (κ2) is 7.20. The van der Waals surface area contributed by atoms with Crippen LogP contribution in [-0.2, 0) is 11.2 Å². The van der Waals surface area contributed by atoms with E-state index in [-0.39, 0.29) is 5.91 Å². The molecule has 1 aliphatic rings. The zero-order valence-corrected chi connectivity index (χ0v) is 13.3. The Morgan fingerprint density at radius 1 is 1.26 bits per heavy atom. The third-order valence-corrected chi connectivity index (χ3v) is 3.95. The summed E-state index contributed by atoms with van der Waals surface area (Å²) in [6.07, 6.45) is 5.23. The maximum atomic E-state index is 12.3. The number of nitrogens with one attached hydrogen (secondary N) is 2. The molecule has 4 nitrogen and oxygen atoms in total. The first kappa shape index (κ1) is 15.4.